The highest BCUT2D eigenvalue weighted by molar-refractivity contribution is 5.88. The lowest BCUT2D eigenvalue weighted by molar-refractivity contribution is 0.337. The maximum atomic E-state index is 12.0. The van der Waals surface area contributed by atoms with Crippen molar-refractivity contribution in [3.63, 3.8) is 0 Å². The van der Waals surface area contributed by atoms with Gasteiger partial charge in [0.2, 0.25) is 5.88 Å². The number of hydrogen-bond donors (Lipinski definition) is 3. The summed E-state index contributed by atoms with van der Waals surface area (Å²) >= 11 is 0. The average Bonchev–Trinajstić information content (AvgIpc) is 2.52. The molecule has 1 aromatic heterocycles. The molecular formula is C17H16N2O4. The first-order valence-electron chi connectivity index (χ1n) is 7.28. The first kappa shape index (κ1) is 14.9. The first-order chi connectivity index (χ1) is 11.1. The van der Waals surface area contributed by atoms with E-state index in [-0.39, 0.29) is 12.0 Å². The Kier molecular flexibility index (Phi) is 3.89. The topological polar surface area (TPSA) is 95.2 Å². The number of hydrogen-bond acceptors (Lipinski definition) is 4. The van der Waals surface area contributed by atoms with Crippen LogP contribution in [0.3, 0.4) is 0 Å². The van der Waals surface area contributed by atoms with E-state index >= 15 is 0 Å². The van der Waals surface area contributed by atoms with Gasteiger partial charge < -0.3 is 9.84 Å². The van der Waals surface area contributed by atoms with Crippen LogP contribution in [-0.4, -0.2) is 21.7 Å². The summed E-state index contributed by atoms with van der Waals surface area (Å²) in [6.07, 6.45) is 0.147. The van der Waals surface area contributed by atoms with Gasteiger partial charge in [-0.3, -0.25) is 14.8 Å². The molecule has 23 heavy (non-hydrogen) atoms. The van der Waals surface area contributed by atoms with Crippen LogP contribution in [0.2, 0.25) is 0 Å². The minimum absolute atomic E-state index is 0.0990. The molecule has 0 atom stereocenters. The van der Waals surface area contributed by atoms with Crippen LogP contribution in [0.1, 0.15) is 18.1 Å². The summed E-state index contributed by atoms with van der Waals surface area (Å²) in [4.78, 5) is 27.5. The van der Waals surface area contributed by atoms with Gasteiger partial charge in [-0.05, 0) is 23.8 Å². The van der Waals surface area contributed by atoms with Crippen LogP contribution < -0.4 is 16.0 Å². The van der Waals surface area contributed by atoms with E-state index in [1.54, 1.807) is 0 Å². The van der Waals surface area contributed by atoms with Crippen LogP contribution in [-0.2, 0) is 6.42 Å². The van der Waals surface area contributed by atoms with E-state index in [2.05, 4.69) is 9.97 Å². The number of nitrogens with one attached hydrogen (secondary N) is 2. The zero-order valence-electron chi connectivity index (χ0n) is 12.6. The summed E-state index contributed by atoms with van der Waals surface area (Å²) < 4.78 is 5.65. The van der Waals surface area contributed by atoms with Crippen molar-refractivity contribution in [1.29, 1.82) is 0 Å². The van der Waals surface area contributed by atoms with Crippen molar-refractivity contribution < 1.29 is 9.84 Å². The Morgan fingerprint density at radius 3 is 2.57 bits per heavy atom. The molecule has 0 radical (unpaired) electrons. The Morgan fingerprint density at radius 2 is 1.83 bits per heavy atom. The fourth-order valence-corrected chi connectivity index (χ4v) is 2.63. The molecular weight excluding hydrogens is 296 g/mol. The number of fused-ring (bicyclic) bond motifs is 1. The van der Waals surface area contributed by atoms with Crippen LogP contribution in [0.5, 0.6) is 11.6 Å². The number of aromatic nitrogens is 2. The van der Waals surface area contributed by atoms with Gasteiger partial charge in [0.25, 0.3) is 5.56 Å². The Morgan fingerprint density at radius 1 is 1.04 bits per heavy atom. The lowest BCUT2D eigenvalue weighted by atomic mass is 9.98. The monoisotopic (exact) mass is 312 g/mol. The standard InChI is InChI=1S/C17H16N2O4/c1-2-23-14-8-7-10-5-3-4-6-11(10)12(14)9-13-15(20)18-17(22)19-16(13)21/h3-8H,2,9H2,1H3,(H3,18,19,20,21,22). The molecule has 0 saturated heterocycles. The van der Waals surface area contributed by atoms with E-state index in [4.69, 9.17) is 4.74 Å². The van der Waals surface area contributed by atoms with E-state index in [0.29, 0.717) is 12.4 Å². The molecule has 3 N–H and O–H groups in total. The first-order valence-corrected chi connectivity index (χ1v) is 7.28. The van der Waals surface area contributed by atoms with Crippen molar-refractivity contribution in [2.24, 2.45) is 0 Å². The predicted octanol–water partition coefficient (Wildman–Crippen LogP) is 1.91. The van der Waals surface area contributed by atoms with Crippen LogP contribution in [0.15, 0.2) is 46.0 Å². The lowest BCUT2D eigenvalue weighted by Gasteiger charge is -2.13. The third-order valence-electron chi connectivity index (χ3n) is 3.67. The van der Waals surface area contributed by atoms with Crippen LogP contribution >= 0.6 is 0 Å². The maximum absolute atomic E-state index is 12.0. The molecule has 0 saturated carbocycles. The van der Waals surface area contributed by atoms with Gasteiger partial charge in [0.05, 0.1) is 12.2 Å². The van der Waals surface area contributed by atoms with E-state index < -0.39 is 17.1 Å². The fraction of sp³-hybridized carbons (Fsp3) is 0.176. The summed E-state index contributed by atoms with van der Waals surface area (Å²) in [5.41, 5.74) is -0.458. The van der Waals surface area contributed by atoms with Crippen molar-refractivity contribution in [3.8, 4) is 11.6 Å². The molecule has 6 nitrogen and oxygen atoms in total. The Balaban J connectivity index is 2.21. The number of aromatic amines is 2. The van der Waals surface area contributed by atoms with Crippen LogP contribution in [0.25, 0.3) is 10.8 Å². The van der Waals surface area contributed by atoms with Gasteiger partial charge in [0.1, 0.15) is 5.75 Å². The molecule has 3 aromatic rings. The van der Waals surface area contributed by atoms with Crippen molar-refractivity contribution in [3.05, 3.63) is 68.4 Å². The van der Waals surface area contributed by atoms with Crippen molar-refractivity contribution in [2.75, 3.05) is 6.61 Å². The molecule has 2 aromatic carbocycles. The Labute approximate surface area is 131 Å². The predicted molar refractivity (Wildman–Crippen MR) is 87.3 cm³/mol. The molecule has 0 aliphatic rings. The van der Waals surface area contributed by atoms with E-state index in [1.165, 1.54) is 0 Å². The highest BCUT2D eigenvalue weighted by Crippen LogP contribution is 2.30. The third-order valence-corrected chi connectivity index (χ3v) is 3.67. The number of rotatable bonds is 4. The summed E-state index contributed by atoms with van der Waals surface area (Å²) in [7, 11) is 0. The van der Waals surface area contributed by atoms with E-state index in [0.717, 1.165) is 16.3 Å². The highest BCUT2D eigenvalue weighted by atomic mass is 16.5. The summed E-state index contributed by atoms with van der Waals surface area (Å²) in [5, 5.41) is 11.8. The van der Waals surface area contributed by atoms with E-state index in [9.17, 15) is 14.7 Å². The minimum Gasteiger partial charge on any atom is -0.494 e. The second kappa shape index (κ2) is 6.00. The molecule has 6 heteroatoms. The molecule has 3 rings (SSSR count). The molecule has 0 spiro atoms. The zero-order valence-corrected chi connectivity index (χ0v) is 12.6. The molecule has 1 heterocycles. The van der Waals surface area contributed by atoms with Crippen molar-refractivity contribution in [1.82, 2.24) is 9.97 Å². The van der Waals surface area contributed by atoms with Gasteiger partial charge in [-0.25, -0.2) is 4.79 Å². The molecule has 118 valence electrons. The van der Waals surface area contributed by atoms with Gasteiger partial charge >= 0.3 is 5.69 Å². The SMILES string of the molecule is CCOc1ccc2ccccc2c1Cc1c(O)[nH]c(=O)[nH]c1=O. The lowest BCUT2D eigenvalue weighted by Crippen LogP contribution is -2.25. The van der Waals surface area contributed by atoms with Gasteiger partial charge in [0, 0.05) is 12.0 Å². The van der Waals surface area contributed by atoms with Gasteiger partial charge in [-0.2, -0.15) is 0 Å². The molecule has 0 unspecified atom stereocenters. The Hall–Kier alpha value is -3.02. The molecule has 0 amide bonds. The van der Waals surface area contributed by atoms with Gasteiger partial charge in [-0.1, -0.05) is 30.3 Å². The van der Waals surface area contributed by atoms with Gasteiger partial charge in [0.15, 0.2) is 0 Å². The highest BCUT2D eigenvalue weighted by Gasteiger charge is 2.15. The average molecular weight is 312 g/mol. The second-order valence-electron chi connectivity index (χ2n) is 5.11. The summed E-state index contributed by atoms with van der Waals surface area (Å²) in [5.74, 6) is 0.227. The van der Waals surface area contributed by atoms with Crippen LogP contribution in [0.4, 0.5) is 0 Å². The number of ether oxygens (including phenoxy) is 1. The largest absolute Gasteiger partial charge is 0.494 e. The third kappa shape index (κ3) is 2.83. The number of aromatic hydroxyl groups is 1. The van der Waals surface area contributed by atoms with E-state index in [1.807, 2.05) is 43.3 Å². The minimum atomic E-state index is -0.737. The van der Waals surface area contributed by atoms with Gasteiger partial charge in [-0.15, -0.1) is 0 Å². The number of H-pyrrole nitrogens is 2. The zero-order chi connectivity index (χ0) is 16.4. The van der Waals surface area contributed by atoms with Crippen molar-refractivity contribution >= 4 is 10.8 Å². The summed E-state index contributed by atoms with van der Waals surface area (Å²) in [6, 6.07) is 11.5. The maximum Gasteiger partial charge on any atom is 0.328 e. The number of benzene rings is 2. The molecule has 0 aliphatic heterocycles. The fourth-order valence-electron chi connectivity index (χ4n) is 2.63. The second-order valence-corrected chi connectivity index (χ2v) is 5.11. The molecule has 0 aliphatic carbocycles. The molecule has 0 fully saturated rings. The van der Waals surface area contributed by atoms with Crippen molar-refractivity contribution in [2.45, 2.75) is 13.3 Å². The smallest absolute Gasteiger partial charge is 0.328 e. The Bertz CT molecular complexity index is 972. The summed E-state index contributed by atoms with van der Waals surface area (Å²) in [6.45, 7) is 2.36. The molecule has 0 bridgehead atoms. The quantitative estimate of drug-likeness (QED) is 0.686. The van der Waals surface area contributed by atoms with Crippen LogP contribution in [0, 0.1) is 0 Å². The normalized spacial score (nSPS) is 10.8.